The van der Waals surface area contributed by atoms with Gasteiger partial charge in [-0.3, -0.25) is 14.4 Å². The fraction of sp³-hybridized carbons (Fsp3) is 0.688. The highest BCUT2D eigenvalue weighted by Gasteiger charge is 2.36. The van der Waals surface area contributed by atoms with E-state index in [4.69, 9.17) is 9.47 Å². The Labute approximate surface area is 247 Å². The summed E-state index contributed by atoms with van der Waals surface area (Å²) in [6.45, 7) is 15.8. The first kappa shape index (κ1) is 35.9. The van der Waals surface area contributed by atoms with Gasteiger partial charge in [-0.15, -0.1) is 0 Å². The summed E-state index contributed by atoms with van der Waals surface area (Å²) in [5.74, 6) is -1.03. The standard InChI is InChI=1S/C32H53N3O6/c1-9-11-12-13-14-21-35(30(38)26(22-23(3)4)34-31(39)41-32(6,7)8)28(25-17-15-24(5)16-18-25)29(37)33-20-19-27(36)40-10-2/h15-18,23,26,28H,9-14,19-22H2,1-8H3,(H,33,37)(H,34,39). The number of carbonyl (C=O) groups is 4. The van der Waals surface area contributed by atoms with Crippen LogP contribution in [0.5, 0.6) is 0 Å². The molecule has 3 amide bonds. The number of amides is 3. The minimum absolute atomic E-state index is 0.0291. The molecule has 0 radical (unpaired) electrons. The summed E-state index contributed by atoms with van der Waals surface area (Å²) in [5, 5.41) is 5.61. The first-order chi connectivity index (χ1) is 19.3. The third-order valence-electron chi connectivity index (χ3n) is 6.37. The van der Waals surface area contributed by atoms with E-state index in [1.165, 1.54) is 0 Å². The highest BCUT2D eigenvalue weighted by Crippen LogP contribution is 2.25. The smallest absolute Gasteiger partial charge is 0.408 e. The molecule has 0 bridgehead atoms. The van der Waals surface area contributed by atoms with Gasteiger partial charge in [0.05, 0.1) is 13.0 Å². The third kappa shape index (κ3) is 14.4. The van der Waals surface area contributed by atoms with Crippen molar-refractivity contribution in [3.05, 3.63) is 35.4 Å². The number of esters is 1. The average Bonchev–Trinajstić information content (AvgIpc) is 2.86. The minimum Gasteiger partial charge on any atom is -0.466 e. The second-order valence-corrected chi connectivity index (χ2v) is 11.9. The average molecular weight is 576 g/mol. The van der Waals surface area contributed by atoms with Crippen molar-refractivity contribution < 1.29 is 28.7 Å². The van der Waals surface area contributed by atoms with Gasteiger partial charge in [-0.1, -0.05) is 76.3 Å². The van der Waals surface area contributed by atoms with Crippen molar-refractivity contribution in [1.29, 1.82) is 0 Å². The predicted molar refractivity (Wildman–Crippen MR) is 161 cm³/mol. The van der Waals surface area contributed by atoms with E-state index >= 15 is 0 Å². The maximum absolute atomic E-state index is 14.3. The molecule has 9 nitrogen and oxygen atoms in total. The van der Waals surface area contributed by atoms with Crippen molar-refractivity contribution >= 4 is 23.9 Å². The van der Waals surface area contributed by atoms with Crippen molar-refractivity contribution in [2.45, 2.75) is 118 Å². The predicted octanol–water partition coefficient (Wildman–Crippen LogP) is 5.84. The third-order valence-corrected chi connectivity index (χ3v) is 6.37. The molecule has 0 aliphatic carbocycles. The first-order valence-electron chi connectivity index (χ1n) is 15.1. The molecule has 0 aliphatic rings. The van der Waals surface area contributed by atoms with Crippen LogP contribution in [0.2, 0.25) is 0 Å². The summed E-state index contributed by atoms with van der Waals surface area (Å²) in [6, 6.07) is 5.69. The molecule has 9 heteroatoms. The number of nitrogens with zero attached hydrogens (tertiary/aromatic N) is 1. The van der Waals surface area contributed by atoms with Crippen LogP contribution in [0.4, 0.5) is 4.79 Å². The van der Waals surface area contributed by atoms with Crippen molar-refractivity contribution in [2.75, 3.05) is 19.7 Å². The Morgan fingerprint density at radius 2 is 1.59 bits per heavy atom. The van der Waals surface area contributed by atoms with Gasteiger partial charge in [0.15, 0.2) is 0 Å². The second kappa shape index (κ2) is 18.4. The number of ether oxygens (including phenoxy) is 2. The van der Waals surface area contributed by atoms with Crippen LogP contribution in [0.3, 0.4) is 0 Å². The molecule has 1 rings (SSSR count). The van der Waals surface area contributed by atoms with E-state index in [-0.39, 0.29) is 37.3 Å². The first-order valence-corrected chi connectivity index (χ1v) is 15.1. The Hall–Kier alpha value is -3.10. The topological polar surface area (TPSA) is 114 Å². The summed E-state index contributed by atoms with van der Waals surface area (Å²) in [6.07, 6.45) is 4.59. The molecule has 0 saturated heterocycles. The Morgan fingerprint density at radius 3 is 2.15 bits per heavy atom. The molecule has 0 aromatic heterocycles. The summed E-state index contributed by atoms with van der Waals surface area (Å²) in [5.41, 5.74) is 0.959. The number of carbonyl (C=O) groups excluding carboxylic acids is 4. The molecule has 1 aromatic carbocycles. The molecule has 2 N–H and O–H groups in total. The van der Waals surface area contributed by atoms with Crippen LogP contribution in [0.15, 0.2) is 24.3 Å². The van der Waals surface area contributed by atoms with E-state index in [0.717, 1.165) is 31.2 Å². The Balaban J connectivity index is 3.41. The molecule has 232 valence electrons. The molecule has 0 fully saturated rings. The zero-order valence-corrected chi connectivity index (χ0v) is 26.5. The molecular formula is C32H53N3O6. The van der Waals surface area contributed by atoms with E-state index in [0.29, 0.717) is 24.9 Å². The lowest BCUT2D eigenvalue weighted by molar-refractivity contribution is -0.144. The van der Waals surface area contributed by atoms with Crippen LogP contribution in [-0.2, 0) is 23.9 Å². The maximum Gasteiger partial charge on any atom is 0.408 e. The van der Waals surface area contributed by atoms with E-state index in [1.54, 1.807) is 32.6 Å². The van der Waals surface area contributed by atoms with Gasteiger partial charge in [0.2, 0.25) is 11.8 Å². The molecule has 0 saturated carbocycles. The van der Waals surface area contributed by atoms with Crippen molar-refractivity contribution in [3.8, 4) is 0 Å². The van der Waals surface area contributed by atoms with Gasteiger partial charge >= 0.3 is 12.1 Å². The number of hydrogen-bond donors (Lipinski definition) is 2. The summed E-state index contributed by atoms with van der Waals surface area (Å²) in [7, 11) is 0. The Morgan fingerprint density at radius 1 is 0.951 bits per heavy atom. The Bertz CT molecular complexity index is 955. The fourth-order valence-corrected chi connectivity index (χ4v) is 4.43. The van der Waals surface area contributed by atoms with Gasteiger partial charge in [-0.2, -0.15) is 0 Å². The van der Waals surface area contributed by atoms with E-state index in [1.807, 2.05) is 45.0 Å². The molecule has 0 spiro atoms. The number of hydrogen-bond acceptors (Lipinski definition) is 6. The molecule has 41 heavy (non-hydrogen) atoms. The van der Waals surface area contributed by atoms with Crippen molar-refractivity contribution in [2.24, 2.45) is 5.92 Å². The molecule has 2 unspecified atom stereocenters. The summed E-state index contributed by atoms with van der Waals surface area (Å²) < 4.78 is 10.4. The zero-order chi connectivity index (χ0) is 31.0. The number of nitrogens with one attached hydrogen (secondary N) is 2. The van der Waals surface area contributed by atoms with Gasteiger partial charge in [-0.25, -0.2) is 4.79 Å². The minimum atomic E-state index is -0.938. The van der Waals surface area contributed by atoms with Gasteiger partial charge in [0, 0.05) is 13.1 Å². The maximum atomic E-state index is 14.3. The van der Waals surface area contributed by atoms with Crippen LogP contribution >= 0.6 is 0 Å². The SMILES string of the molecule is CCCCCCCN(C(=O)C(CC(C)C)NC(=O)OC(C)(C)C)C(C(=O)NCCC(=O)OCC)c1ccc(C)cc1. The lowest BCUT2D eigenvalue weighted by Crippen LogP contribution is -2.53. The monoisotopic (exact) mass is 575 g/mol. The summed E-state index contributed by atoms with van der Waals surface area (Å²) in [4.78, 5) is 54.2. The largest absolute Gasteiger partial charge is 0.466 e. The van der Waals surface area contributed by atoms with E-state index in [9.17, 15) is 19.2 Å². The van der Waals surface area contributed by atoms with E-state index in [2.05, 4.69) is 17.6 Å². The van der Waals surface area contributed by atoms with E-state index < -0.39 is 29.7 Å². The van der Waals surface area contributed by atoms with Crippen LogP contribution < -0.4 is 10.6 Å². The highest BCUT2D eigenvalue weighted by molar-refractivity contribution is 5.92. The van der Waals surface area contributed by atoms with Crippen molar-refractivity contribution in [3.63, 3.8) is 0 Å². The summed E-state index contributed by atoms with van der Waals surface area (Å²) >= 11 is 0. The van der Waals surface area contributed by atoms with Crippen LogP contribution in [-0.4, -0.2) is 60.1 Å². The van der Waals surface area contributed by atoms with Gasteiger partial charge < -0.3 is 25.0 Å². The number of rotatable bonds is 17. The Kier molecular flexibility index (Phi) is 16.1. The molecule has 1 aromatic rings. The lowest BCUT2D eigenvalue weighted by Gasteiger charge is -2.35. The fourth-order valence-electron chi connectivity index (χ4n) is 4.43. The van der Waals surface area contributed by atoms with Crippen LogP contribution in [0.25, 0.3) is 0 Å². The lowest BCUT2D eigenvalue weighted by atomic mass is 9.98. The van der Waals surface area contributed by atoms with Crippen LogP contribution in [0.1, 0.15) is 111 Å². The number of unbranched alkanes of at least 4 members (excludes halogenated alkanes) is 4. The molecule has 0 heterocycles. The van der Waals surface area contributed by atoms with Crippen LogP contribution in [0, 0.1) is 12.8 Å². The number of alkyl carbamates (subject to hydrolysis) is 1. The van der Waals surface area contributed by atoms with Gasteiger partial charge in [0.1, 0.15) is 17.7 Å². The quantitative estimate of drug-likeness (QED) is 0.178. The second-order valence-electron chi connectivity index (χ2n) is 11.9. The highest BCUT2D eigenvalue weighted by atomic mass is 16.6. The zero-order valence-electron chi connectivity index (χ0n) is 26.5. The van der Waals surface area contributed by atoms with Crippen molar-refractivity contribution in [1.82, 2.24) is 15.5 Å². The molecule has 0 aliphatic heterocycles. The van der Waals surface area contributed by atoms with Gasteiger partial charge in [0.25, 0.3) is 0 Å². The number of aryl methyl sites for hydroxylation is 1. The number of benzene rings is 1. The molecule has 2 atom stereocenters. The molecular weight excluding hydrogens is 522 g/mol. The van der Waals surface area contributed by atoms with Gasteiger partial charge in [-0.05, 0) is 58.9 Å². The normalized spacial score (nSPS) is 12.8.